The number of halogens is 1. The minimum atomic E-state index is -0.575. The SMILES string of the molecule is COC(=O)c1cn(-c2ccc(CN3CCN(C)CC3)cc2)c(-c2cc(Br)c(O)cc2O)n1. The van der Waals surface area contributed by atoms with E-state index < -0.39 is 5.97 Å². The molecule has 0 saturated carbocycles. The van der Waals surface area contributed by atoms with Crippen LogP contribution in [0.2, 0.25) is 0 Å². The van der Waals surface area contributed by atoms with E-state index in [-0.39, 0.29) is 17.2 Å². The molecule has 1 aliphatic rings. The summed E-state index contributed by atoms with van der Waals surface area (Å²) in [6.07, 6.45) is 1.58. The van der Waals surface area contributed by atoms with E-state index in [9.17, 15) is 15.0 Å². The Morgan fingerprint density at radius 3 is 2.44 bits per heavy atom. The van der Waals surface area contributed by atoms with Gasteiger partial charge in [-0.3, -0.25) is 9.47 Å². The lowest BCUT2D eigenvalue weighted by Crippen LogP contribution is -2.43. The second kappa shape index (κ2) is 9.32. The summed E-state index contributed by atoms with van der Waals surface area (Å²) >= 11 is 3.27. The van der Waals surface area contributed by atoms with Crippen LogP contribution >= 0.6 is 15.9 Å². The number of methoxy groups -OCH3 is 1. The first kappa shape index (κ1) is 22.3. The molecular formula is C23H25BrN4O4. The zero-order valence-corrected chi connectivity index (χ0v) is 19.5. The maximum Gasteiger partial charge on any atom is 0.358 e. The summed E-state index contributed by atoms with van der Waals surface area (Å²) in [5.41, 5.74) is 2.47. The number of phenols is 2. The molecule has 0 bridgehead atoms. The molecule has 0 unspecified atom stereocenters. The zero-order valence-electron chi connectivity index (χ0n) is 18.0. The van der Waals surface area contributed by atoms with Crippen molar-refractivity contribution in [1.82, 2.24) is 19.4 Å². The number of likely N-dealkylation sites (N-methyl/N-ethyl adjacent to an activating group) is 1. The van der Waals surface area contributed by atoms with Crippen LogP contribution in [0.25, 0.3) is 17.1 Å². The van der Waals surface area contributed by atoms with Crippen molar-refractivity contribution < 1.29 is 19.7 Å². The van der Waals surface area contributed by atoms with Crippen LogP contribution in [0, 0.1) is 0 Å². The van der Waals surface area contributed by atoms with Gasteiger partial charge in [0, 0.05) is 50.7 Å². The number of phenolic OH excluding ortho intramolecular Hbond substituents is 2. The number of nitrogens with zero attached hydrogens (tertiary/aromatic N) is 4. The number of piperazine rings is 1. The fraction of sp³-hybridized carbons (Fsp3) is 0.304. The number of imidazole rings is 1. The number of hydrogen-bond acceptors (Lipinski definition) is 7. The van der Waals surface area contributed by atoms with Crippen LogP contribution in [0.15, 0.2) is 47.1 Å². The molecule has 2 aromatic carbocycles. The molecule has 0 spiro atoms. The molecule has 32 heavy (non-hydrogen) atoms. The van der Waals surface area contributed by atoms with Crippen molar-refractivity contribution in [3.63, 3.8) is 0 Å². The number of esters is 1. The first-order valence-electron chi connectivity index (χ1n) is 10.3. The van der Waals surface area contributed by atoms with E-state index in [1.165, 1.54) is 18.7 Å². The normalized spacial score (nSPS) is 15.1. The van der Waals surface area contributed by atoms with Crippen LogP contribution < -0.4 is 0 Å². The number of aromatic nitrogens is 2. The van der Waals surface area contributed by atoms with Crippen LogP contribution in [0.4, 0.5) is 0 Å². The van der Waals surface area contributed by atoms with Crippen LogP contribution in [0.1, 0.15) is 16.1 Å². The van der Waals surface area contributed by atoms with Gasteiger partial charge in [-0.2, -0.15) is 0 Å². The Balaban J connectivity index is 1.67. The molecule has 9 heteroatoms. The number of aromatic hydroxyl groups is 2. The lowest BCUT2D eigenvalue weighted by atomic mass is 10.1. The average Bonchev–Trinajstić information content (AvgIpc) is 3.23. The number of rotatable bonds is 5. The summed E-state index contributed by atoms with van der Waals surface area (Å²) in [7, 11) is 3.44. The number of carbonyl (C=O) groups is 1. The first-order chi connectivity index (χ1) is 15.4. The smallest absolute Gasteiger partial charge is 0.358 e. The number of benzene rings is 2. The van der Waals surface area contributed by atoms with Gasteiger partial charge in [-0.1, -0.05) is 12.1 Å². The van der Waals surface area contributed by atoms with Gasteiger partial charge in [0.2, 0.25) is 0 Å². The standard InChI is InChI=1S/C23H25BrN4O4/c1-26-7-9-27(10-8-26)13-15-3-5-16(6-4-15)28-14-19(23(31)32-2)25-22(28)17-11-18(24)21(30)12-20(17)29/h3-6,11-12,14,29-30H,7-10,13H2,1-2H3. The highest BCUT2D eigenvalue weighted by Gasteiger charge is 2.21. The van der Waals surface area contributed by atoms with E-state index in [4.69, 9.17) is 4.74 Å². The predicted octanol–water partition coefficient (Wildman–Crippen LogP) is 3.25. The van der Waals surface area contributed by atoms with Crippen LogP contribution in [-0.4, -0.2) is 75.9 Å². The Kier molecular flexibility index (Phi) is 6.50. The highest BCUT2D eigenvalue weighted by Crippen LogP contribution is 2.38. The summed E-state index contributed by atoms with van der Waals surface area (Å²) in [6.45, 7) is 5.10. The van der Waals surface area contributed by atoms with Crippen molar-refractivity contribution in [2.24, 2.45) is 0 Å². The monoisotopic (exact) mass is 500 g/mol. The lowest BCUT2D eigenvalue weighted by molar-refractivity contribution is 0.0594. The van der Waals surface area contributed by atoms with Crippen molar-refractivity contribution in [2.75, 3.05) is 40.3 Å². The first-order valence-corrected chi connectivity index (χ1v) is 11.0. The molecule has 1 saturated heterocycles. The summed E-state index contributed by atoms with van der Waals surface area (Å²) < 4.78 is 6.96. The van der Waals surface area contributed by atoms with Crippen LogP contribution in [0.3, 0.4) is 0 Å². The fourth-order valence-corrected chi connectivity index (χ4v) is 4.07. The Hall–Kier alpha value is -2.88. The predicted molar refractivity (Wildman–Crippen MR) is 124 cm³/mol. The molecule has 2 N–H and O–H groups in total. The Morgan fingerprint density at radius 1 is 1.09 bits per heavy atom. The Bertz CT molecular complexity index is 1120. The maximum atomic E-state index is 12.1. The van der Waals surface area contributed by atoms with Gasteiger partial charge in [0.15, 0.2) is 5.69 Å². The largest absolute Gasteiger partial charge is 0.507 e. The molecule has 1 fully saturated rings. The second-order valence-corrected chi connectivity index (χ2v) is 8.73. The minimum absolute atomic E-state index is 0.0918. The summed E-state index contributed by atoms with van der Waals surface area (Å²) in [6, 6.07) is 10.8. The van der Waals surface area contributed by atoms with Gasteiger partial charge in [0.05, 0.1) is 17.1 Å². The van der Waals surface area contributed by atoms with E-state index in [0.717, 1.165) is 38.4 Å². The second-order valence-electron chi connectivity index (χ2n) is 7.88. The van der Waals surface area contributed by atoms with Crippen molar-refractivity contribution in [1.29, 1.82) is 0 Å². The third kappa shape index (κ3) is 4.64. The van der Waals surface area contributed by atoms with Crippen LogP contribution in [0.5, 0.6) is 11.5 Å². The van der Waals surface area contributed by atoms with Crippen molar-refractivity contribution >= 4 is 21.9 Å². The van der Waals surface area contributed by atoms with E-state index in [0.29, 0.717) is 15.9 Å². The number of carbonyl (C=O) groups excluding carboxylic acids is 1. The molecule has 1 aromatic heterocycles. The van der Waals surface area contributed by atoms with E-state index in [2.05, 4.69) is 49.9 Å². The van der Waals surface area contributed by atoms with E-state index in [1.807, 2.05) is 12.1 Å². The molecule has 0 atom stereocenters. The average molecular weight is 501 g/mol. The number of ether oxygens (including phenoxy) is 1. The molecule has 0 radical (unpaired) electrons. The summed E-state index contributed by atoms with van der Waals surface area (Å²) in [4.78, 5) is 21.3. The molecule has 168 valence electrons. The third-order valence-corrected chi connectivity index (χ3v) is 6.26. The van der Waals surface area contributed by atoms with Gasteiger partial charge in [0.1, 0.15) is 17.3 Å². The van der Waals surface area contributed by atoms with Crippen molar-refractivity contribution in [2.45, 2.75) is 6.54 Å². The van der Waals surface area contributed by atoms with Crippen molar-refractivity contribution in [3.05, 3.63) is 58.3 Å². The summed E-state index contributed by atoms with van der Waals surface area (Å²) in [5.74, 6) is -0.462. The number of hydrogen-bond donors (Lipinski definition) is 2. The molecule has 2 heterocycles. The minimum Gasteiger partial charge on any atom is -0.507 e. The molecule has 8 nitrogen and oxygen atoms in total. The fourth-order valence-electron chi connectivity index (χ4n) is 3.73. The zero-order chi connectivity index (χ0) is 22.8. The Labute approximate surface area is 194 Å². The highest BCUT2D eigenvalue weighted by molar-refractivity contribution is 9.10. The topological polar surface area (TPSA) is 91.1 Å². The molecule has 3 aromatic rings. The van der Waals surface area contributed by atoms with Crippen molar-refractivity contribution in [3.8, 4) is 28.6 Å². The molecule has 0 aliphatic carbocycles. The quantitative estimate of drug-likeness (QED) is 0.519. The molecular weight excluding hydrogens is 476 g/mol. The van der Waals surface area contributed by atoms with Crippen LogP contribution in [-0.2, 0) is 11.3 Å². The van der Waals surface area contributed by atoms with Gasteiger partial charge in [0.25, 0.3) is 0 Å². The summed E-state index contributed by atoms with van der Waals surface area (Å²) in [5, 5.41) is 20.3. The van der Waals surface area contributed by atoms with Gasteiger partial charge >= 0.3 is 5.97 Å². The molecule has 1 aliphatic heterocycles. The maximum absolute atomic E-state index is 12.1. The lowest BCUT2D eigenvalue weighted by Gasteiger charge is -2.32. The van der Waals surface area contributed by atoms with Gasteiger partial charge in [-0.05, 0) is 46.7 Å². The highest BCUT2D eigenvalue weighted by atomic mass is 79.9. The van der Waals surface area contributed by atoms with E-state index in [1.54, 1.807) is 16.8 Å². The van der Waals surface area contributed by atoms with Gasteiger partial charge < -0.3 is 19.8 Å². The Morgan fingerprint density at radius 2 is 1.78 bits per heavy atom. The molecule has 4 rings (SSSR count). The molecule has 0 amide bonds. The van der Waals surface area contributed by atoms with E-state index >= 15 is 0 Å². The third-order valence-electron chi connectivity index (χ3n) is 5.62. The van der Waals surface area contributed by atoms with Gasteiger partial charge in [-0.15, -0.1) is 0 Å². The van der Waals surface area contributed by atoms with Gasteiger partial charge in [-0.25, -0.2) is 9.78 Å².